The molecule has 22 heavy (non-hydrogen) atoms. The second-order valence-electron chi connectivity index (χ2n) is 5.54. The molecule has 2 N–H and O–H groups in total. The standard InChI is InChI=1S/C15H21NO5S/c1-10(2)22(20,21)9-14(17)16-13-6-4-12(5-7-13)8-11(3)15(18)19/h4-7,10-11H,8-9H2,1-3H3,(H,16,17)(H,18,19). The smallest absolute Gasteiger partial charge is 0.306 e. The molecule has 0 radical (unpaired) electrons. The van der Waals surface area contributed by atoms with Crippen molar-refractivity contribution < 1.29 is 23.1 Å². The predicted molar refractivity (Wildman–Crippen MR) is 84.5 cm³/mol. The van der Waals surface area contributed by atoms with Crippen LogP contribution in [-0.2, 0) is 25.8 Å². The summed E-state index contributed by atoms with van der Waals surface area (Å²) in [6.07, 6.45) is 0.394. The maximum atomic E-state index is 11.7. The minimum absolute atomic E-state index is 0.394. The zero-order valence-electron chi connectivity index (χ0n) is 12.9. The second-order valence-corrected chi connectivity index (χ2v) is 8.10. The Morgan fingerprint density at radius 2 is 1.68 bits per heavy atom. The highest BCUT2D eigenvalue weighted by Crippen LogP contribution is 2.14. The van der Waals surface area contributed by atoms with Crippen LogP contribution in [0.25, 0.3) is 0 Å². The molecule has 122 valence electrons. The molecule has 0 heterocycles. The average Bonchev–Trinajstić information content (AvgIpc) is 2.39. The van der Waals surface area contributed by atoms with Gasteiger partial charge in [0.2, 0.25) is 5.91 Å². The molecule has 1 aromatic carbocycles. The van der Waals surface area contributed by atoms with Gasteiger partial charge in [0.1, 0.15) is 5.75 Å². The van der Waals surface area contributed by atoms with Crippen LogP contribution in [0.1, 0.15) is 26.3 Å². The number of benzene rings is 1. The fourth-order valence-corrected chi connectivity index (χ4v) is 2.48. The van der Waals surface area contributed by atoms with Crippen molar-refractivity contribution in [2.45, 2.75) is 32.4 Å². The van der Waals surface area contributed by atoms with Gasteiger partial charge < -0.3 is 10.4 Å². The molecule has 1 unspecified atom stereocenters. The number of hydrogen-bond acceptors (Lipinski definition) is 4. The van der Waals surface area contributed by atoms with E-state index in [4.69, 9.17) is 5.11 Å². The van der Waals surface area contributed by atoms with E-state index in [1.165, 1.54) is 13.8 Å². The summed E-state index contributed by atoms with van der Waals surface area (Å²) in [6.45, 7) is 4.68. The number of aliphatic carboxylic acids is 1. The minimum atomic E-state index is -3.43. The van der Waals surface area contributed by atoms with Crippen LogP contribution in [-0.4, -0.2) is 36.4 Å². The van der Waals surface area contributed by atoms with Crippen molar-refractivity contribution in [1.29, 1.82) is 0 Å². The number of nitrogens with one attached hydrogen (secondary N) is 1. The lowest BCUT2D eigenvalue weighted by molar-refractivity contribution is -0.141. The number of carbonyl (C=O) groups is 2. The quantitative estimate of drug-likeness (QED) is 0.794. The Balaban J connectivity index is 2.65. The molecule has 1 atom stereocenters. The van der Waals surface area contributed by atoms with E-state index in [2.05, 4.69) is 5.32 Å². The number of carbonyl (C=O) groups excluding carboxylic acids is 1. The number of amides is 1. The van der Waals surface area contributed by atoms with Gasteiger partial charge in [0, 0.05) is 5.69 Å². The van der Waals surface area contributed by atoms with Crippen molar-refractivity contribution in [3.05, 3.63) is 29.8 Å². The van der Waals surface area contributed by atoms with E-state index < -0.39 is 38.6 Å². The molecule has 1 rings (SSSR count). The Morgan fingerprint density at radius 1 is 1.14 bits per heavy atom. The van der Waals surface area contributed by atoms with Gasteiger partial charge in [0.25, 0.3) is 0 Å². The molecule has 1 amide bonds. The third kappa shape index (κ3) is 5.48. The summed E-state index contributed by atoms with van der Waals surface area (Å²) < 4.78 is 23.3. The molecule has 0 aromatic heterocycles. The van der Waals surface area contributed by atoms with E-state index in [1.807, 2.05) is 0 Å². The average molecular weight is 327 g/mol. The first kappa shape index (κ1) is 18.2. The van der Waals surface area contributed by atoms with E-state index in [1.54, 1.807) is 31.2 Å². The monoisotopic (exact) mass is 327 g/mol. The Morgan fingerprint density at radius 3 is 2.14 bits per heavy atom. The third-order valence-corrected chi connectivity index (χ3v) is 5.35. The zero-order valence-corrected chi connectivity index (χ0v) is 13.7. The van der Waals surface area contributed by atoms with Gasteiger partial charge in [-0.05, 0) is 38.0 Å². The Labute approximate surface area is 130 Å². The summed E-state index contributed by atoms with van der Waals surface area (Å²) in [7, 11) is -3.43. The van der Waals surface area contributed by atoms with Gasteiger partial charge in [-0.2, -0.15) is 0 Å². The fraction of sp³-hybridized carbons (Fsp3) is 0.467. The Hall–Kier alpha value is -1.89. The number of anilines is 1. The Kier molecular flexibility index (Phi) is 6.11. The van der Waals surface area contributed by atoms with Crippen LogP contribution >= 0.6 is 0 Å². The van der Waals surface area contributed by atoms with Crippen LogP contribution < -0.4 is 5.32 Å². The highest BCUT2D eigenvalue weighted by atomic mass is 32.2. The molecule has 6 nitrogen and oxygen atoms in total. The number of rotatable bonds is 7. The van der Waals surface area contributed by atoms with Crippen LogP contribution in [0.4, 0.5) is 5.69 Å². The topological polar surface area (TPSA) is 101 Å². The molecule has 0 aliphatic rings. The van der Waals surface area contributed by atoms with Crippen LogP contribution in [0.15, 0.2) is 24.3 Å². The fourth-order valence-electron chi connectivity index (χ4n) is 1.71. The largest absolute Gasteiger partial charge is 0.481 e. The molecule has 0 aliphatic heterocycles. The summed E-state index contributed by atoms with van der Waals surface area (Å²) in [5.41, 5.74) is 1.32. The van der Waals surface area contributed by atoms with Gasteiger partial charge in [0.05, 0.1) is 11.2 Å². The number of carboxylic acids is 1. The van der Waals surface area contributed by atoms with Crippen molar-refractivity contribution >= 4 is 27.4 Å². The lowest BCUT2D eigenvalue weighted by atomic mass is 10.0. The summed E-state index contributed by atoms with van der Waals surface area (Å²) in [5.74, 6) is -2.49. The third-order valence-electron chi connectivity index (χ3n) is 3.25. The van der Waals surface area contributed by atoms with Crippen LogP contribution in [0, 0.1) is 5.92 Å². The SMILES string of the molecule is CC(Cc1ccc(NC(=O)CS(=O)(=O)C(C)C)cc1)C(=O)O. The van der Waals surface area contributed by atoms with Crippen LogP contribution in [0.3, 0.4) is 0 Å². The number of sulfone groups is 1. The first-order valence-electron chi connectivity index (χ1n) is 6.95. The second kappa shape index (κ2) is 7.40. The van der Waals surface area contributed by atoms with E-state index in [-0.39, 0.29) is 0 Å². The van der Waals surface area contributed by atoms with Crippen LogP contribution in [0.5, 0.6) is 0 Å². The Bertz CT molecular complexity index is 634. The molecule has 0 bridgehead atoms. The summed E-state index contributed by atoms with van der Waals surface area (Å²) in [6, 6.07) is 6.69. The molecule has 7 heteroatoms. The molecule has 0 saturated heterocycles. The van der Waals surface area contributed by atoms with E-state index in [9.17, 15) is 18.0 Å². The molecule has 0 saturated carbocycles. The van der Waals surface area contributed by atoms with Gasteiger partial charge >= 0.3 is 5.97 Å². The van der Waals surface area contributed by atoms with Crippen LogP contribution in [0.2, 0.25) is 0 Å². The molecular formula is C15H21NO5S. The summed E-state index contributed by atoms with van der Waals surface area (Å²) >= 11 is 0. The van der Waals surface area contributed by atoms with Crippen molar-refractivity contribution in [2.75, 3.05) is 11.1 Å². The highest BCUT2D eigenvalue weighted by Gasteiger charge is 2.20. The van der Waals surface area contributed by atoms with Gasteiger partial charge in [-0.1, -0.05) is 19.1 Å². The van der Waals surface area contributed by atoms with Gasteiger partial charge in [-0.15, -0.1) is 0 Å². The maximum Gasteiger partial charge on any atom is 0.306 e. The summed E-state index contributed by atoms with van der Waals surface area (Å²) in [5, 5.41) is 10.8. The normalized spacial score (nSPS) is 12.9. The van der Waals surface area contributed by atoms with E-state index >= 15 is 0 Å². The van der Waals surface area contributed by atoms with E-state index in [0.717, 1.165) is 5.56 Å². The first-order valence-corrected chi connectivity index (χ1v) is 8.66. The van der Waals surface area contributed by atoms with Crippen molar-refractivity contribution in [1.82, 2.24) is 0 Å². The highest BCUT2D eigenvalue weighted by molar-refractivity contribution is 7.92. The van der Waals surface area contributed by atoms with Crippen molar-refractivity contribution in [2.24, 2.45) is 5.92 Å². The lowest BCUT2D eigenvalue weighted by Crippen LogP contribution is -2.27. The van der Waals surface area contributed by atoms with Gasteiger partial charge in [-0.3, -0.25) is 9.59 Å². The predicted octanol–water partition coefficient (Wildman–Crippen LogP) is 1.71. The molecule has 0 aliphatic carbocycles. The van der Waals surface area contributed by atoms with Crippen molar-refractivity contribution in [3.8, 4) is 0 Å². The van der Waals surface area contributed by atoms with Crippen molar-refractivity contribution in [3.63, 3.8) is 0 Å². The zero-order chi connectivity index (χ0) is 16.9. The minimum Gasteiger partial charge on any atom is -0.481 e. The maximum absolute atomic E-state index is 11.7. The molecular weight excluding hydrogens is 306 g/mol. The summed E-state index contributed by atoms with van der Waals surface area (Å²) in [4.78, 5) is 22.5. The lowest BCUT2D eigenvalue weighted by Gasteiger charge is -2.10. The molecule has 0 fully saturated rings. The molecule has 0 spiro atoms. The van der Waals surface area contributed by atoms with Gasteiger partial charge in [0.15, 0.2) is 9.84 Å². The number of carboxylic acid groups (broad SMARTS) is 1. The van der Waals surface area contributed by atoms with E-state index in [0.29, 0.717) is 12.1 Å². The first-order chi connectivity index (χ1) is 10.1. The molecule has 1 aromatic rings. The van der Waals surface area contributed by atoms with Gasteiger partial charge in [-0.25, -0.2) is 8.42 Å². The number of hydrogen-bond donors (Lipinski definition) is 2.